The first-order valence-electron chi connectivity index (χ1n) is 11.2. The summed E-state index contributed by atoms with van der Waals surface area (Å²) < 4.78 is 2.14. The van der Waals surface area contributed by atoms with Gasteiger partial charge in [0.1, 0.15) is 0 Å². The molecule has 7 nitrogen and oxygen atoms in total. The molecule has 3 amide bonds. The Labute approximate surface area is 198 Å². The normalized spacial score (nSPS) is 10.9. The van der Waals surface area contributed by atoms with Crippen LogP contribution in [0.25, 0.3) is 33.3 Å². The molecule has 0 aliphatic rings. The second kappa shape index (κ2) is 10.3. The summed E-state index contributed by atoms with van der Waals surface area (Å²) in [6, 6.07) is 25.9. The number of aliphatic hydroxyl groups is 1. The third kappa shape index (κ3) is 4.71. The number of aryl methyl sites for hydroxylation is 2. The first kappa shape index (κ1) is 23.2. The van der Waals surface area contributed by atoms with E-state index in [0.29, 0.717) is 11.4 Å². The Hall–Kier alpha value is -3.94. The molecule has 0 spiro atoms. The van der Waals surface area contributed by atoms with Gasteiger partial charge in [0.25, 0.3) is 0 Å². The summed E-state index contributed by atoms with van der Waals surface area (Å²) in [4.78, 5) is 24.5. The summed E-state index contributed by atoms with van der Waals surface area (Å²) in [6.45, 7) is -0.192. The molecule has 1 heterocycles. The maximum Gasteiger partial charge on any atom is 0.338 e. The van der Waals surface area contributed by atoms with E-state index in [1.807, 2.05) is 43.4 Å². The summed E-state index contributed by atoms with van der Waals surface area (Å²) >= 11 is 0. The highest BCUT2D eigenvalue weighted by atomic mass is 16.3. The number of carbonyl (C=O) groups is 2. The lowest BCUT2D eigenvalue weighted by atomic mass is 9.98. The number of hydrogen-bond donors (Lipinski definition) is 3. The van der Waals surface area contributed by atoms with Crippen LogP contribution in [0.3, 0.4) is 0 Å². The Bertz CT molecular complexity index is 1300. The number of rotatable bonds is 7. The van der Waals surface area contributed by atoms with E-state index in [1.165, 1.54) is 0 Å². The van der Waals surface area contributed by atoms with E-state index >= 15 is 0 Å². The monoisotopic (exact) mass is 456 g/mol. The van der Waals surface area contributed by atoms with Crippen LogP contribution in [-0.4, -0.2) is 39.8 Å². The minimum Gasteiger partial charge on any atom is -0.395 e. The largest absolute Gasteiger partial charge is 0.395 e. The predicted octanol–water partition coefficient (Wildman–Crippen LogP) is 3.85. The zero-order chi connectivity index (χ0) is 24.1. The number of hydrogen-bond acceptors (Lipinski definition) is 4. The number of amides is 3. The van der Waals surface area contributed by atoms with Crippen LogP contribution in [0.15, 0.2) is 78.9 Å². The number of para-hydroxylation sites is 1. The topological polar surface area (TPSA) is 101 Å². The molecule has 3 aromatic carbocycles. The number of aromatic nitrogens is 1. The molecule has 4 rings (SSSR count). The molecule has 0 radical (unpaired) electrons. The standard InChI is InChI=1S/C27H28N4O3/c1-30-24-10-6-5-9-22(24)23(15-16-25(33)31(28)27(34)29-17-18-32)26(30)21-13-11-20(12-14-21)19-7-3-2-4-8-19/h2-14,32H,15-18,28H2,1H3,(H,29,34). The molecule has 4 N–H and O–H groups in total. The van der Waals surface area contributed by atoms with Gasteiger partial charge in [-0.3, -0.25) is 4.79 Å². The number of urea groups is 1. The molecule has 0 unspecified atom stereocenters. The molecule has 1 aromatic heterocycles. The summed E-state index contributed by atoms with van der Waals surface area (Å²) in [7, 11) is 2.02. The van der Waals surface area contributed by atoms with Crippen LogP contribution in [0.5, 0.6) is 0 Å². The summed E-state index contributed by atoms with van der Waals surface area (Å²) in [5, 5.41) is 12.9. The number of carbonyl (C=O) groups excluding carboxylic acids is 2. The van der Waals surface area contributed by atoms with E-state index in [9.17, 15) is 9.59 Å². The molecule has 0 atom stereocenters. The van der Waals surface area contributed by atoms with Crippen molar-refractivity contribution in [2.75, 3.05) is 13.2 Å². The molecule has 4 aromatic rings. The molecule has 0 saturated carbocycles. The fourth-order valence-electron chi connectivity index (χ4n) is 4.26. The minimum atomic E-state index is -0.728. The predicted molar refractivity (Wildman–Crippen MR) is 134 cm³/mol. The van der Waals surface area contributed by atoms with Crippen molar-refractivity contribution in [2.24, 2.45) is 12.9 Å². The average Bonchev–Trinajstić information content (AvgIpc) is 3.17. The maximum atomic E-state index is 12.6. The van der Waals surface area contributed by atoms with Crippen molar-refractivity contribution in [3.05, 3.63) is 84.4 Å². The number of benzene rings is 3. The molecule has 0 fully saturated rings. The fraction of sp³-hybridized carbons (Fsp3) is 0.185. The highest BCUT2D eigenvalue weighted by Crippen LogP contribution is 2.35. The van der Waals surface area contributed by atoms with Gasteiger partial charge in [0.05, 0.1) is 12.3 Å². The zero-order valence-electron chi connectivity index (χ0n) is 19.1. The maximum absolute atomic E-state index is 12.6. The lowest BCUT2D eigenvalue weighted by Gasteiger charge is -2.15. The first-order valence-corrected chi connectivity index (χ1v) is 11.2. The third-order valence-electron chi connectivity index (χ3n) is 5.94. The van der Waals surface area contributed by atoms with Gasteiger partial charge in [0.15, 0.2) is 0 Å². The van der Waals surface area contributed by atoms with E-state index < -0.39 is 11.9 Å². The van der Waals surface area contributed by atoms with Gasteiger partial charge < -0.3 is 15.0 Å². The number of aliphatic hydroxyl groups excluding tert-OH is 1. The molecule has 174 valence electrons. The van der Waals surface area contributed by atoms with Gasteiger partial charge in [0.2, 0.25) is 5.91 Å². The molecular formula is C27H28N4O3. The molecule has 7 heteroatoms. The number of hydrazine groups is 1. The van der Waals surface area contributed by atoms with E-state index in [2.05, 4.69) is 52.3 Å². The third-order valence-corrected chi connectivity index (χ3v) is 5.94. The number of fused-ring (bicyclic) bond motifs is 1. The molecule has 0 saturated heterocycles. The molecule has 0 aliphatic carbocycles. The summed E-state index contributed by atoms with van der Waals surface area (Å²) in [5.74, 6) is 5.20. The average molecular weight is 457 g/mol. The Morgan fingerprint density at radius 2 is 1.53 bits per heavy atom. The number of nitrogens with two attached hydrogens (primary N) is 1. The highest BCUT2D eigenvalue weighted by Gasteiger charge is 2.21. The van der Waals surface area contributed by atoms with E-state index in [-0.39, 0.29) is 19.6 Å². The van der Waals surface area contributed by atoms with Gasteiger partial charge in [-0.15, -0.1) is 0 Å². The Morgan fingerprint density at radius 3 is 2.24 bits per heavy atom. The SMILES string of the molecule is Cn1c(-c2ccc(-c3ccccc3)cc2)c(CCC(=O)N(N)C(=O)NCCO)c2ccccc21. The fourth-order valence-corrected chi connectivity index (χ4v) is 4.26. The van der Waals surface area contributed by atoms with Crippen molar-refractivity contribution in [2.45, 2.75) is 12.8 Å². The number of nitrogens with zero attached hydrogens (tertiary/aromatic N) is 2. The van der Waals surface area contributed by atoms with Gasteiger partial charge in [-0.2, -0.15) is 5.01 Å². The second-order valence-electron chi connectivity index (χ2n) is 8.07. The van der Waals surface area contributed by atoms with Crippen LogP contribution in [0.4, 0.5) is 4.79 Å². The van der Waals surface area contributed by atoms with Crippen LogP contribution in [-0.2, 0) is 18.3 Å². The van der Waals surface area contributed by atoms with E-state index in [4.69, 9.17) is 10.9 Å². The van der Waals surface area contributed by atoms with Crippen LogP contribution in [0.2, 0.25) is 0 Å². The van der Waals surface area contributed by atoms with Crippen molar-refractivity contribution in [3.63, 3.8) is 0 Å². The number of imide groups is 1. The van der Waals surface area contributed by atoms with Crippen molar-refractivity contribution >= 4 is 22.8 Å². The van der Waals surface area contributed by atoms with Crippen LogP contribution < -0.4 is 11.2 Å². The lowest BCUT2D eigenvalue weighted by molar-refractivity contribution is -0.128. The van der Waals surface area contributed by atoms with E-state index in [1.54, 1.807) is 0 Å². The summed E-state index contributed by atoms with van der Waals surface area (Å²) in [6.07, 6.45) is 0.503. The zero-order valence-corrected chi connectivity index (χ0v) is 19.1. The van der Waals surface area contributed by atoms with Gasteiger partial charge in [0, 0.05) is 30.9 Å². The van der Waals surface area contributed by atoms with Crippen molar-refractivity contribution in [1.82, 2.24) is 14.9 Å². The van der Waals surface area contributed by atoms with Gasteiger partial charge in [-0.05, 0) is 34.7 Å². The van der Waals surface area contributed by atoms with Crippen LogP contribution in [0, 0.1) is 0 Å². The summed E-state index contributed by atoms with van der Waals surface area (Å²) in [5.41, 5.74) is 6.46. The quantitative estimate of drug-likeness (QED) is 0.223. The van der Waals surface area contributed by atoms with Crippen molar-refractivity contribution in [3.8, 4) is 22.4 Å². The Balaban J connectivity index is 1.64. The smallest absolute Gasteiger partial charge is 0.338 e. The van der Waals surface area contributed by atoms with Crippen LogP contribution >= 0.6 is 0 Å². The molecular weight excluding hydrogens is 428 g/mol. The van der Waals surface area contributed by atoms with E-state index in [0.717, 1.165) is 38.9 Å². The first-order chi connectivity index (χ1) is 16.5. The number of nitrogens with one attached hydrogen (secondary N) is 1. The molecule has 0 bridgehead atoms. The molecule has 0 aliphatic heterocycles. The second-order valence-corrected chi connectivity index (χ2v) is 8.07. The highest BCUT2D eigenvalue weighted by molar-refractivity contribution is 5.95. The lowest BCUT2D eigenvalue weighted by Crippen LogP contribution is -2.49. The van der Waals surface area contributed by atoms with Crippen molar-refractivity contribution in [1.29, 1.82) is 0 Å². The Morgan fingerprint density at radius 1 is 0.912 bits per heavy atom. The Kier molecular flexibility index (Phi) is 7.06. The van der Waals surface area contributed by atoms with Gasteiger partial charge in [-0.1, -0.05) is 72.8 Å². The van der Waals surface area contributed by atoms with Crippen LogP contribution in [0.1, 0.15) is 12.0 Å². The molecule has 34 heavy (non-hydrogen) atoms. The minimum absolute atomic E-state index is 0.0340. The van der Waals surface area contributed by atoms with Gasteiger partial charge >= 0.3 is 6.03 Å². The van der Waals surface area contributed by atoms with Gasteiger partial charge in [-0.25, -0.2) is 10.6 Å². The van der Waals surface area contributed by atoms with Crippen molar-refractivity contribution < 1.29 is 14.7 Å².